The Hall–Kier alpha value is -0.910. The van der Waals surface area contributed by atoms with Gasteiger partial charge in [0.1, 0.15) is 0 Å². The van der Waals surface area contributed by atoms with Crippen LogP contribution in [0.15, 0.2) is 29.3 Å². The highest BCUT2D eigenvalue weighted by Gasteiger charge is 2.20. The summed E-state index contributed by atoms with van der Waals surface area (Å²) in [5.74, 6) is 0.755. The lowest BCUT2D eigenvalue weighted by Crippen LogP contribution is -2.48. The molecule has 0 amide bonds. The van der Waals surface area contributed by atoms with Gasteiger partial charge in [0.15, 0.2) is 5.96 Å². The summed E-state index contributed by atoms with van der Waals surface area (Å²) >= 11 is 0. The fourth-order valence-electron chi connectivity index (χ4n) is 3.22. The Bertz CT molecular complexity index is 719. The molecular formula is C19H34IN5O2S. The number of hydrogen-bond donors (Lipinski definition) is 3. The SMILES string of the molecule is CCNC(=NCCNS(C)(=O)=O)NC1CCN(Cc2cccc(C)c2)CC1.I. The van der Waals surface area contributed by atoms with Crippen LogP contribution >= 0.6 is 24.0 Å². The van der Waals surface area contributed by atoms with Crippen LogP contribution in [-0.4, -0.2) is 64.3 Å². The van der Waals surface area contributed by atoms with Crippen molar-refractivity contribution in [1.82, 2.24) is 20.3 Å². The number of aliphatic imine (C=N–C) groups is 1. The zero-order valence-electron chi connectivity index (χ0n) is 17.1. The van der Waals surface area contributed by atoms with E-state index in [2.05, 4.69) is 56.4 Å². The van der Waals surface area contributed by atoms with Crippen LogP contribution < -0.4 is 15.4 Å². The minimum Gasteiger partial charge on any atom is -0.357 e. The van der Waals surface area contributed by atoms with Gasteiger partial charge in [0.2, 0.25) is 10.0 Å². The molecule has 1 aromatic rings. The third-order valence-electron chi connectivity index (χ3n) is 4.51. The fraction of sp³-hybridized carbons (Fsp3) is 0.632. The van der Waals surface area contributed by atoms with Gasteiger partial charge in [0.25, 0.3) is 0 Å². The van der Waals surface area contributed by atoms with E-state index in [1.165, 1.54) is 11.1 Å². The monoisotopic (exact) mass is 523 g/mol. The van der Waals surface area contributed by atoms with Crippen molar-refractivity contribution in [1.29, 1.82) is 0 Å². The Kier molecular flexibility index (Phi) is 11.3. The average Bonchev–Trinajstić information content (AvgIpc) is 2.60. The molecule has 0 radical (unpaired) electrons. The maximum Gasteiger partial charge on any atom is 0.208 e. The van der Waals surface area contributed by atoms with E-state index in [-0.39, 0.29) is 24.0 Å². The molecule has 0 bridgehead atoms. The van der Waals surface area contributed by atoms with E-state index in [1.54, 1.807) is 0 Å². The van der Waals surface area contributed by atoms with Gasteiger partial charge >= 0.3 is 0 Å². The van der Waals surface area contributed by atoms with Gasteiger partial charge in [0, 0.05) is 38.8 Å². The molecule has 0 atom stereocenters. The van der Waals surface area contributed by atoms with Crippen molar-refractivity contribution in [3.8, 4) is 0 Å². The smallest absolute Gasteiger partial charge is 0.208 e. The molecule has 1 heterocycles. The summed E-state index contributed by atoms with van der Waals surface area (Å²) in [5.41, 5.74) is 2.68. The maximum absolute atomic E-state index is 11.1. The van der Waals surface area contributed by atoms with Gasteiger partial charge in [-0.05, 0) is 32.3 Å². The van der Waals surface area contributed by atoms with Gasteiger partial charge in [-0.3, -0.25) is 9.89 Å². The predicted molar refractivity (Wildman–Crippen MR) is 127 cm³/mol. The Morgan fingerprint density at radius 1 is 1.29 bits per heavy atom. The molecule has 1 aromatic carbocycles. The topological polar surface area (TPSA) is 85.8 Å². The molecule has 9 heteroatoms. The first kappa shape index (κ1) is 25.1. The number of hydrogen-bond acceptors (Lipinski definition) is 4. The molecule has 0 unspecified atom stereocenters. The summed E-state index contributed by atoms with van der Waals surface area (Å²) in [6, 6.07) is 9.09. The van der Waals surface area contributed by atoms with Crippen LogP contribution in [0.25, 0.3) is 0 Å². The predicted octanol–water partition coefficient (Wildman–Crippen LogP) is 1.68. The third-order valence-corrected chi connectivity index (χ3v) is 5.24. The number of nitrogens with zero attached hydrogens (tertiary/aromatic N) is 2. The van der Waals surface area contributed by atoms with E-state index >= 15 is 0 Å². The number of benzene rings is 1. The quantitative estimate of drug-likeness (QED) is 0.209. The molecular weight excluding hydrogens is 489 g/mol. The van der Waals surface area contributed by atoms with Crippen molar-refractivity contribution < 1.29 is 8.42 Å². The first-order valence-corrected chi connectivity index (χ1v) is 11.5. The van der Waals surface area contributed by atoms with Crippen molar-refractivity contribution >= 4 is 40.0 Å². The Balaban J connectivity index is 0.00000392. The highest BCUT2D eigenvalue weighted by atomic mass is 127. The van der Waals surface area contributed by atoms with Gasteiger partial charge < -0.3 is 10.6 Å². The standard InChI is InChI=1S/C19H33N5O2S.HI/c1-4-20-19(21-10-11-22-27(3,25)26)23-18-8-12-24(13-9-18)15-17-7-5-6-16(2)14-17;/h5-7,14,18,22H,4,8-13,15H2,1-3H3,(H2,20,21,23);1H. The van der Waals surface area contributed by atoms with E-state index in [0.29, 0.717) is 19.1 Å². The molecule has 0 aliphatic carbocycles. The van der Waals surface area contributed by atoms with Crippen LogP contribution in [0.2, 0.25) is 0 Å². The molecule has 0 aromatic heterocycles. The number of nitrogens with one attached hydrogen (secondary N) is 3. The third kappa shape index (κ3) is 10.0. The molecule has 7 nitrogen and oxygen atoms in total. The second kappa shape index (κ2) is 12.6. The van der Waals surface area contributed by atoms with E-state index in [1.807, 2.05) is 6.92 Å². The van der Waals surface area contributed by atoms with Crippen LogP contribution in [0.5, 0.6) is 0 Å². The summed E-state index contributed by atoms with van der Waals surface area (Å²) in [6.07, 6.45) is 3.29. The Morgan fingerprint density at radius 2 is 2.00 bits per heavy atom. The minimum atomic E-state index is -3.16. The molecule has 1 fully saturated rings. The lowest BCUT2D eigenvalue weighted by molar-refractivity contribution is 0.198. The first-order valence-electron chi connectivity index (χ1n) is 9.63. The number of guanidine groups is 1. The first-order chi connectivity index (χ1) is 12.9. The number of halogens is 1. The van der Waals surface area contributed by atoms with Gasteiger partial charge in [-0.25, -0.2) is 13.1 Å². The largest absolute Gasteiger partial charge is 0.357 e. The van der Waals surface area contributed by atoms with Crippen molar-refractivity contribution in [2.45, 2.75) is 39.3 Å². The second-order valence-corrected chi connectivity index (χ2v) is 8.94. The summed E-state index contributed by atoms with van der Waals surface area (Å²) in [6.45, 7) is 8.76. The molecule has 28 heavy (non-hydrogen) atoms. The zero-order chi connectivity index (χ0) is 19.7. The van der Waals surface area contributed by atoms with Crippen molar-refractivity contribution in [2.24, 2.45) is 4.99 Å². The van der Waals surface area contributed by atoms with Crippen molar-refractivity contribution in [3.63, 3.8) is 0 Å². The number of piperidine rings is 1. The molecule has 0 spiro atoms. The zero-order valence-corrected chi connectivity index (χ0v) is 20.2. The Labute approximate surface area is 186 Å². The average molecular weight is 523 g/mol. The molecule has 0 saturated carbocycles. The van der Waals surface area contributed by atoms with Crippen LogP contribution in [0.3, 0.4) is 0 Å². The van der Waals surface area contributed by atoms with E-state index in [4.69, 9.17) is 0 Å². The Morgan fingerprint density at radius 3 is 2.61 bits per heavy atom. The molecule has 1 saturated heterocycles. The number of aryl methyl sites for hydroxylation is 1. The summed E-state index contributed by atoms with van der Waals surface area (Å²) < 4.78 is 24.7. The highest BCUT2D eigenvalue weighted by Crippen LogP contribution is 2.14. The molecule has 1 aliphatic heterocycles. The number of rotatable bonds is 8. The van der Waals surface area contributed by atoms with Gasteiger partial charge in [-0.1, -0.05) is 29.8 Å². The second-order valence-electron chi connectivity index (χ2n) is 7.11. The number of sulfonamides is 1. The van der Waals surface area contributed by atoms with Gasteiger partial charge in [-0.2, -0.15) is 0 Å². The van der Waals surface area contributed by atoms with Gasteiger partial charge in [-0.15, -0.1) is 24.0 Å². The van der Waals surface area contributed by atoms with Crippen LogP contribution in [-0.2, 0) is 16.6 Å². The molecule has 1 aliphatic rings. The summed E-state index contributed by atoms with van der Waals surface area (Å²) in [5, 5.41) is 6.72. The van der Waals surface area contributed by atoms with E-state index < -0.39 is 10.0 Å². The van der Waals surface area contributed by atoms with Crippen molar-refractivity contribution in [2.75, 3.05) is 39.0 Å². The fourth-order valence-corrected chi connectivity index (χ4v) is 3.68. The lowest BCUT2D eigenvalue weighted by atomic mass is 10.0. The maximum atomic E-state index is 11.1. The van der Waals surface area contributed by atoms with E-state index in [9.17, 15) is 8.42 Å². The van der Waals surface area contributed by atoms with Crippen LogP contribution in [0.4, 0.5) is 0 Å². The molecule has 2 rings (SSSR count). The molecule has 3 N–H and O–H groups in total. The normalized spacial score (nSPS) is 16.5. The van der Waals surface area contributed by atoms with Crippen LogP contribution in [0, 0.1) is 6.92 Å². The summed E-state index contributed by atoms with van der Waals surface area (Å²) in [7, 11) is -3.16. The summed E-state index contributed by atoms with van der Waals surface area (Å²) in [4.78, 5) is 6.95. The van der Waals surface area contributed by atoms with E-state index in [0.717, 1.165) is 51.2 Å². The lowest BCUT2D eigenvalue weighted by Gasteiger charge is -2.33. The minimum absolute atomic E-state index is 0. The van der Waals surface area contributed by atoms with Crippen molar-refractivity contribution in [3.05, 3.63) is 35.4 Å². The van der Waals surface area contributed by atoms with Gasteiger partial charge in [0.05, 0.1) is 12.8 Å². The van der Waals surface area contributed by atoms with Crippen LogP contribution in [0.1, 0.15) is 30.9 Å². The molecule has 160 valence electrons. The number of likely N-dealkylation sites (tertiary alicyclic amines) is 1. The highest BCUT2D eigenvalue weighted by molar-refractivity contribution is 14.0.